The van der Waals surface area contributed by atoms with Gasteiger partial charge in [0.25, 0.3) is 0 Å². The quantitative estimate of drug-likeness (QED) is 0.909. The van der Waals surface area contributed by atoms with Crippen molar-refractivity contribution in [3.63, 3.8) is 0 Å². The summed E-state index contributed by atoms with van der Waals surface area (Å²) < 4.78 is 44.5. The molecule has 1 saturated heterocycles. The van der Waals surface area contributed by atoms with Gasteiger partial charge in [0.1, 0.15) is 0 Å². The highest BCUT2D eigenvalue weighted by Gasteiger charge is 2.36. The summed E-state index contributed by atoms with van der Waals surface area (Å²) in [7, 11) is 0. The van der Waals surface area contributed by atoms with Crippen LogP contribution in [-0.4, -0.2) is 37.4 Å². The van der Waals surface area contributed by atoms with Gasteiger partial charge in [-0.1, -0.05) is 0 Å². The average Bonchev–Trinajstić information content (AvgIpc) is 2.37. The van der Waals surface area contributed by atoms with E-state index in [1.54, 1.807) is 4.90 Å². The van der Waals surface area contributed by atoms with E-state index in [-0.39, 0.29) is 11.3 Å². The second-order valence-electron chi connectivity index (χ2n) is 4.59. The minimum atomic E-state index is -4.59. The number of morpholine rings is 1. The Morgan fingerprint density at radius 1 is 1.30 bits per heavy atom. The number of rotatable bonds is 2. The molecule has 110 valence electrons. The Kier molecular flexibility index (Phi) is 3.89. The second kappa shape index (κ2) is 5.32. The Labute approximate surface area is 113 Å². The lowest BCUT2D eigenvalue weighted by atomic mass is 10.0. The fourth-order valence-electron chi connectivity index (χ4n) is 2.22. The van der Waals surface area contributed by atoms with E-state index in [0.29, 0.717) is 37.9 Å². The van der Waals surface area contributed by atoms with Crippen LogP contribution < -0.4 is 4.90 Å². The molecule has 1 aromatic rings. The Morgan fingerprint density at radius 3 is 2.40 bits per heavy atom. The third kappa shape index (κ3) is 2.87. The van der Waals surface area contributed by atoms with E-state index in [4.69, 9.17) is 9.84 Å². The number of carbonyl (C=O) groups is 1. The van der Waals surface area contributed by atoms with Gasteiger partial charge in [0, 0.05) is 18.8 Å². The van der Waals surface area contributed by atoms with Crippen LogP contribution in [0.15, 0.2) is 12.1 Å². The Morgan fingerprint density at radius 2 is 1.90 bits per heavy atom. The molecule has 0 unspecified atom stereocenters. The molecule has 0 aliphatic carbocycles. The van der Waals surface area contributed by atoms with Crippen LogP contribution in [0, 0.1) is 6.92 Å². The molecule has 0 spiro atoms. The zero-order valence-electron chi connectivity index (χ0n) is 10.8. The van der Waals surface area contributed by atoms with E-state index in [1.165, 1.54) is 13.0 Å². The summed E-state index contributed by atoms with van der Waals surface area (Å²) in [5, 5.41) is 8.96. The number of anilines is 1. The molecule has 1 aromatic carbocycles. The van der Waals surface area contributed by atoms with Gasteiger partial charge in [0.2, 0.25) is 0 Å². The summed E-state index contributed by atoms with van der Waals surface area (Å²) in [6.45, 7) is 2.92. The molecule has 0 bridgehead atoms. The predicted octanol–water partition coefficient (Wildman–Crippen LogP) is 2.55. The number of alkyl halides is 3. The lowest BCUT2D eigenvalue weighted by molar-refractivity contribution is -0.137. The van der Waals surface area contributed by atoms with Crippen molar-refractivity contribution in [3.05, 3.63) is 28.8 Å². The molecule has 1 aliphatic rings. The standard InChI is InChI=1S/C13H14F3NO3/c1-8-6-11(17-2-4-20-5-3-17)10(13(14,15)16)7-9(8)12(18)19/h6-7H,2-5H2,1H3,(H,18,19). The summed E-state index contributed by atoms with van der Waals surface area (Å²) in [5.74, 6) is -1.36. The molecule has 2 rings (SSSR count). The van der Waals surface area contributed by atoms with Crippen LogP contribution in [0.4, 0.5) is 18.9 Å². The maximum atomic E-state index is 13.1. The molecule has 0 aromatic heterocycles. The first-order valence-corrected chi connectivity index (χ1v) is 6.08. The molecule has 0 atom stereocenters. The fourth-order valence-corrected chi connectivity index (χ4v) is 2.22. The van der Waals surface area contributed by atoms with Crippen molar-refractivity contribution in [2.75, 3.05) is 31.2 Å². The Bertz CT molecular complexity index is 522. The highest BCUT2D eigenvalue weighted by molar-refractivity contribution is 5.90. The third-order valence-electron chi connectivity index (χ3n) is 3.23. The van der Waals surface area contributed by atoms with Gasteiger partial charge in [-0.25, -0.2) is 4.79 Å². The van der Waals surface area contributed by atoms with Gasteiger partial charge in [-0.05, 0) is 24.6 Å². The van der Waals surface area contributed by atoms with Crippen molar-refractivity contribution in [2.24, 2.45) is 0 Å². The van der Waals surface area contributed by atoms with Gasteiger partial charge >= 0.3 is 12.1 Å². The lowest BCUT2D eigenvalue weighted by Crippen LogP contribution is -2.37. The number of carboxylic acid groups (broad SMARTS) is 1. The smallest absolute Gasteiger partial charge is 0.418 e. The number of aryl methyl sites for hydroxylation is 1. The predicted molar refractivity (Wildman–Crippen MR) is 66.2 cm³/mol. The van der Waals surface area contributed by atoms with Crippen molar-refractivity contribution in [1.29, 1.82) is 0 Å². The summed E-state index contributed by atoms with van der Waals surface area (Å²) in [4.78, 5) is 12.6. The first-order valence-electron chi connectivity index (χ1n) is 6.08. The number of hydrogen-bond donors (Lipinski definition) is 1. The van der Waals surface area contributed by atoms with Gasteiger partial charge in [0.15, 0.2) is 0 Å². The van der Waals surface area contributed by atoms with E-state index in [1.807, 2.05) is 0 Å². The number of hydrogen-bond acceptors (Lipinski definition) is 3. The van der Waals surface area contributed by atoms with E-state index in [0.717, 1.165) is 0 Å². The molecule has 1 heterocycles. The number of halogens is 3. The van der Waals surface area contributed by atoms with Crippen LogP contribution in [-0.2, 0) is 10.9 Å². The van der Waals surface area contributed by atoms with E-state index in [9.17, 15) is 18.0 Å². The van der Waals surface area contributed by atoms with Crippen LogP contribution >= 0.6 is 0 Å². The number of benzene rings is 1. The van der Waals surface area contributed by atoms with Gasteiger partial charge in [-0.15, -0.1) is 0 Å². The minimum Gasteiger partial charge on any atom is -0.478 e. The third-order valence-corrected chi connectivity index (χ3v) is 3.23. The summed E-state index contributed by atoms with van der Waals surface area (Å²) in [6, 6.07) is 2.00. The molecule has 20 heavy (non-hydrogen) atoms. The van der Waals surface area contributed by atoms with Crippen LogP contribution in [0.25, 0.3) is 0 Å². The van der Waals surface area contributed by atoms with Crippen LogP contribution in [0.1, 0.15) is 21.5 Å². The number of aromatic carboxylic acids is 1. The second-order valence-corrected chi connectivity index (χ2v) is 4.59. The van der Waals surface area contributed by atoms with Crippen LogP contribution in [0.3, 0.4) is 0 Å². The SMILES string of the molecule is Cc1cc(N2CCOCC2)c(C(F)(F)F)cc1C(=O)O. The van der Waals surface area contributed by atoms with E-state index in [2.05, 4.69) is 0 Å². The van der Waals surface area contributed by atoms with E-state index < -0.39 is 17.7 Å². The van der Waals surface area contributed by atoms with Crippen molar-refractivity contribution < 1.29 is 27.8 Å². The Hall–Kier alpha value is -1.76. The van der Waals surface area contributed by atoms with Crippen molar-refractivity contribution in [1.82, 2.24) is 0 Å². The molecule has 0 saturated carbocycles. The van der Waals surface area contributed by atoms with Crippen molar-refractivity contribution in [3.8, 4) is 0 Å². The topological polar surface area (TPSA) is 49.8 Å². The van der Waals surface area contributed by atoms with Crippen molar-refractivity contribution >= 4 is 11.7 Å². The number of carboxylic acids is 1. The first-order chi connectivity index (χ1) is 9.30. The van der Waals surface area contributed by atoms with Gasteiger partial charge in [0.05, 0.1) is 24.3 Å². The van der Waals surface area contributed by atoms with Crippen LogP contribution in [0.2, 0.25) is 0 Å². The van der Waals surface area contributed by atoms with Gasteiger partial charge in [-0.2, -0.15) is 13.2 Å². The van der Waals surface area contributed by atoms with Crippen LogP contribution in [0.5, 0.6) is 0 Å². The molecule has 7 heteroatoms. The zero-order valence-corrected chi connectivity index (χ0v) is 10.8. The van der Waals surface area contributed by atoms with Crippen molar-refractivity contribution in [2.45, 2.75) is 13.1 Å². The maximum absolute atomic E-state index is 13.1. The molecule has 4 nitrogen and oxygen atoms in total. The van der Waals surface area contributed by atoms with Gasteiger partial charge in [-0.3, -0.25) is 0 Å². The van der Waals surface area contributed by atoms with E-state index >= 15 is 0 Å². The monoisotopic (exact) mass is 289 g/mol. The summed E-state index contributed by atoms with van der Waals surface area (Å²) >= 11 is 0. The normalized spacial score (nSPS) is 16.3. The largest absolute Gasteiger partial charge is 0.478 e. The first kappa shape index (κ1) is 14.6. The summed E-state index contributed by atoms with van der Waals surface area (Å²) in [6.07, 6.45) is -4.59. The molecule has 1 N–H and O–H groups in total. The molecule has 0 amide bonds. The lowest BCUT2D eigenvalue weighted by Gasteiger charge is -2.31. The molecule has 0 radical (unpaired) electrons. The Balaban J connectivity index is 2.54. The molecular formula is C13H14F3NO3. The average molecular weight is 289 g/mol. The number of ether oxygens (including phenoxy) is 1. The molecular weight excluding hydrogens is 275 g/mol. The zero-order chi connectivity index (χ0) is 14.9. The molecule has 1 fully saturated rings. The maximum Gasteiger partial charge on any atom is 0.418 e. The fraction of sp³-hybridized carbons (Fsp3) is 0.462. The highest BCUT2D eigenvalue weighted by atomic mass is 19.4. The van der Waals surface area contributed by atoms with Gasteiger partial charge < -0.3 is 14.7 Å². The highest BCUT2D eigenvalue weighted by Crippen LogP contribution is 2.38. The molecule has 1 aliphatic heterocycles. The minimum absolute atomic E-state index is 0.0169. The summed E-state index contributed by atoms with van der Waals surface area (Å²) in [5.41, 5.74) is -0.910. The number of nitrogens with zero attached hydrogens (tertiary/aromatic N) is 1.